The van der Waals surface area contributed by atoms with Gasteiger partial charge in [0.05, 0.1) is 12.9 Å². The average molecular weight is 419 g/mol. The molecule has 3 aromatic rings. The lowest BCUT2D eigenvalue weighted by Gasteiger charge is -2.23. The third-order valence-corrected chi connectivity index (χ3v) is 5.37. The van der Waals surface area contributed by atoms with Gasteiger partial charge in [-0.15, -0.1) is 0 Å². The molecule has 0 saturated carbocycles. The first-order valence-electron chi connectivity index (χ1n) is 9.56. The van der Waals surface area contributed by atoms with Crippen LogP contribution in [0.3, 0.4) is 0 Å². The molecule has 11 nitrogen and oxygen atoms in total. The fraction of sp³-hybridized carbons (Fsp3) is 0.526. The number of nitrogens with zero attached hydrogens (tertiary/aromatic N) is 4. The van der Waals surface area contributed by atoms with Crippen molar-refractivity contribution in [2.24, 2.45) is 0 Å². The number of aliphatic hydroxyl groups excluding tert-OH is 3. The van der Waals surface area contributed by atoms with E-state index in [1.165, 1.54) is 17.2 Å². The van der Waals surface area contributed by atoms with Crippen molar-refractivity contribution in [3.63, 3.8) is 0 Å². The third kappa shape index (κ3) is 3.44. The zero-order valence-electron chi connectivity index (χ0n) is 16.8. The number of hydrogen-bond acceptors (Lipinski definition) is 10. The Bertz CT molecular complexity index is 1050. The minimum absolute atomic E-state index is 0.139. The molecule has 30 heavy (non-hydrogen) atoms. The highest BCUT2D eigenvalue weighted by Crippen LogP contribution is 2.32. The lowest BCUT2D eigenvalue weighted by Crippen LogP contribution is -2.33. The van der Waals surface area contributed by atoms with Crippen LogP contribution in [0.25, 0.3) is 11.2 Å². The predicted molar refractivity (Wildman–Crippen MR) is 105 cm³/mol. The summed E-state index contributed by atoms with van der Waals surface area (Å²) < 4.78 is 12.6. The van der Waals surface area contributed by atoms with Crippen molar-refractivity contribution in [1.29, 1.82) is 0 Å². The zero-order valence-corrected chi connectivity index (χ0v) is 16.8. The number of anilines is 1. The molecular weight excluding hydrogens is 394 g/mol. The van der Waals surface area contributed by atoms with Crippen LogP contribution in [0.1, 0.15) is 30.2 Å². The minimum atomic E-state index is -1.25. The first-order valence-corrected chi connectivity index (χ1v) is 9.56. The fourth-order valence-corrected chi connectivity index (χ4v) is 3.79. The lowest BCUT2D eigenvalue weighted by atomic mass is 9.96. The van der Waals surface area contributed by atoms with Crippen LogP contribution in [0.2, 0.25) is 0 Å². The molecule has 1 unspecified atom stereocenters. The number of aryl methyl sites for hydroxylation is 2. The molecule has 0 amide bonds. The number of furan rings is 1. The molecule has 4 heterocycles. The molecule has 3 aromatic heterocycles. The summed E-state index contributed by atoms with van der Waals surface area (Å²) in [4.78, 5) is 12.7. The fourth-order valence-electron chi connectivity index (χ4n) is 3.79. The highest BCUT2D eigenvalue weighted by Gasteiger charge is 2.44. The standard InChI is InChI=1S/C19H25N5O6/c1-9-4-11(10(2)29-9)19(3,28)6-20-16-13-17(22-7-21-16)24(8-23-13)18-15(27)14(26)12(5-25)30-18/h4,7-8,12,14-15,18,25-28H,5-6H2,1-3H3,(H,20,21,22)/t12-,14-,15-,18-,19?/m1/s1. The van der Waals surface area contributed by atoms with Gasteiger partial charge in [0.15, 0.2) is 23.2 Å². The second-order valence-electron chi connectivity index (χ2n) is 7.73. The van der Waals surface area contributed by atoms with Crippen molar-refractivity contribution in [2.75, 3.05) is 18.5 Å². The van der Waals surface area contributed by atoms with Crippen molar-refractivity contribution < 1.29 is 29.6 Å². The summed E-state index contributed by atoms with van der Waals surface area (Å²) in [5, 5.41) is 43.6. The predicted octanol–water partition coefficient (Wildman–Crippen LogP) is -0.0328. The van der Waals surface area contributed by atoms with E-state index < -0.39 is 36.7 Å². The third-order valence-electron chi connectivity index (χ3n) is 5.37. The van der Waals surface area contributed by atoms with E-state index in [1.54, 1.807) is 19.9 Å². The molecule has 1 aliphatic heterocycles. The van der Waals surface area contributed by atoms with Gasteiger partial charge in [-0.05, 0) is 26.8 Å². The Balaban J connectivity index is 1.59. The molecule has 0 aliphatic carbocycles. The Morgan fingerprint density at radius 2 is 1.97 bits per heavy atom. The monoisotopic (exact) mass is 419 g/mol. The van der Waals surface area contributed by atoms with Crippen LogP contribution in [0.4, 0.5) is 5.82 Å². The van der Waals surface area contributed by atoms with Crippen molar-refractivity contribution in [3.05, 3.63) is 35.8 Å². The summed E-state index contributed by atoms with van der Waals surface area (Å²) in [6, 6.07) is 1.79. The summed E-state index contributed by atoms with van der Waals surface area (Å²) in [6.07, 6.45) is -1.59. The molecule has 0 spiro atoms. The van der Waals surface area contributed by atoms with Crippen molar-refractivity contribution in [3.8, 4) is 0 Å². The lowest BCUT2D eigenvalue weighted by molar-refractivity contribution is -0.0511. The minimum Gasteiger partial charge on any atom is -0.466 e. The molecule has 1 saturated heterocycles. The largest absolute Gasteiger partial charge is 0.466 e. The maximum absolute atomic E-state index is 10.9. The summed E-state index contributed by atoms with van der Waals surface area (Å²) in [5.74, 6) is 1.74. The number of fused-ring (bicyclic) bond motifs is 1. The Morgan fingerprint density at radius 1 is 1.20 bits per heavy atom. The van der Waals surface area contributed by atoms with Gasteiger partial charge in [-0.25, -0.2) is 15.0 Å². The molecule has 0 radical (unpaired) electrons. The Kier molecular flexibility index (Phi) is 5.24. The van der Waals surface area contributed by atoms with Crippen molar-refractivity contribution in [2.45, 2.75) is 50.9 Å². The summed E-state index contributed by atoms with van der Waals surface area (Å²) in [7, 11) is 0. The molecule has 0 aromatic carbocycles. The van der Waals surface area contributed by atoms with E-state index >= 15 is 0 Å². The van der Waals surface area contributed by atoms with E-state index in [4.69, 9.17) is 9.15 Å². The van der Waals surface area contributed by atoms with Gasteiger partial charge in [-0.1, -0.05) is 0 Å². The zero-order chi connectivity index (χ0) is 21.6. The molecule has 4 rings (SSSR count). The van der Waals surface area contributed by atoms with Crippen molar-refractivity contribution >= 4 is 17.0 Å². The smallest absolute Gasteiger partial charge is 0.167 e. The number of rotatable bonds is 6. The van der Waals surface area contributed by atoms with Gasteiger partial charge >= 0.3 is 0 Å². The van der Waals surface area contributed by atoms with Gasteiger partial charge in [0.2, 0.25) is 0 Å². The van der Waals surface area contributed by atoms with Gasteiger partial charge in [-0.3, -0.25) is 4.57 Å². The van der Waals surface area contributed by atoms with Crippen LogP contribution >= 0.6 is 0 Å². The van der Waals surface area contributed by atoms with Gasteiger partial charge in [0.1, 0.15) is 41.8 Å². The first kappa shape index (κ1) is 20.7. The van der Waals surface area contributed by atoms with E-state index in [-0.39, 0.29) is 6.54 Å². The van der Waals surface area contributed by atoms with E-state index in [2.05, 4.69) is 20.3 Å². The number of hydrogen-bond donors (Lipinski definition) is 5. The normalized spacial score (nSPS) is 26.2. The molecule has 1 aliphatic rings. The Labute approximate surface area is 172 Å². The second-order valence-corrected chi connectivity index (χ2v) is 7.73. The van der Waals surface area contributed by atoms with Gasteiger partial charge < -0.3 is 34.9 Å². The summed E-state index contributed by atoms with van der Waals surface area (Å²) in [6.45, 7) is 5.00. The summed E-state index contributed by atoms with van der Waals surface area (Å²) >= 11 is 0. The van der Waals surface area contributed by atoms with Gasteiger partial charge in [0.25, 0.3) is 0 Å². The first-order chi connectivity index (χ1) is 14.2. The van der Waals surface area contributed by atoms with Crippen molar-refractivity contribution in [1.82, 2.24) is 19.5 Å². The highest BCUT2D eigenvalue weighted by atomic mass is 16.6. The quantitative estimate of drug-likeness (QED) is 0.367. The van der Waals surface area contributed by atoms with Crippen LogP contribution in [0.5, 0.6) is 0 Å². The van der Waals surface area contributed by atoms with E-state index in [0.717, 1.165) is 0 Å². The van der Waals surface area contributed by atoms with Crippen LogP contribution < -0.4 is 5.32 Å². The van der Waals surface area contributed by atoms with E-state index in [1.807, 2.05) is 6.92 Å². The molecule has 5 N–H and O–H groups in total. The maximum Gasteiger partial charge on any atom is 0.167 e. The number of ether oxygens (including phenoxy) is 1. The molecule has 11 heteroatoms. The SMILES string of the molecule is Cc1cc(C(C)(O)CNc2ncnc3c2ncn3[C@@H]2O[C@H](CO)[C@@H](O)[C@H]2O)c(C)o1. The molecule has 1 fully saturated rings. The van der Waals surface area contributed by atoms with Crippen LogP contribution in [0.15, 0.2) is 23.1 Å². The van der Waals surface area contributed by atoms with Crippen LogP contribution in [-0.4, -0.2) is 71.4 Å². The highest BCUT2D eigenvalue weighted by molar-refractivity contribution is 5.82. The molecule has 0 bridgehead atoms. The number of aliphatic hydroxyl groups is 4. The summed E-state index contributed by atoms with van der Waals surface area (Å²) in [5.41, 5.74) is 0.239. The molecule has 162 valence electrons. The molecular formula is C19H25N5O6. The van der Waals surface area contributed by atoms with Gasteiger partial charge in [-0.2, -0.15) is 0 Å². The maximum atomic E-state index is 10.9. The second kappa shape index (κ2) is 7.60. The topological polar surface area (TPSA) is 159 Å². The number of imidazole rings is 1. The Hall–Kier alpha value is -2.57. The van der Waals surface area contributed by atoms with E-state index in [9.17, 15) is 20.4 Å². The average Bonchev–Trinajstić information content (AvgIpc) is 3.37. The van der Waals surface area contributed by atoms with E-state index in [0.29, 0.717) is 34.1 Å². The Morgan fingerprint density at radius 3 is 2.60 bits per heavy atom. The van der Waals surface area contributed by atoms with Crippen LogP contribution in [0, 0.1) is 13.8 Å². The number of aromatic nitrogens is 4. The van der Waals surface area contributed by atoms with Crippen LogP contribution in [-0.2, 0) is 10.3 Å². The van der Waals surface area contributed by atoms with Gasteiger partial charge in [0, 0.05) is 12.1 Å². The molecule has 5 atom stereocenters. The number of nitrogens with one attached hydrogen (secondary N) is 1.